The molecule has 0 spiro atoms. The molecule has 0 saturated carbocycles. The fourth-order valence-corrected chi connectivity index (χ4v) is 3.12. The molecule has 0 atom stereocenters. The van der Waals surface area contributed by atoms with Crippen LogP contribution in [-0.2, 0) is 6.54 Å². The van der Waals surface area contributed by atoms with E-state index in [2.05, 4.69) is 15.3 Å². The summed E-state index contributed by atoms with van der Waals surface area (Å²) in [4.78, 5) is 28.0. The summed E-state index contributed by atoms with van der Waals surface area (Å²) in [6, 6.07) is 13.0. The first-order chi connectivity index (χ1) is 13.3. The highest BCUT2D eigenvalue weighted by molar-refractivity contribution is 5.63. The maximum Gasteiger partial charge on any atom is 0.255 e. The highest BCUT2D eigenvalue weighted by Crippen LogP contribution is 2.27. The number of aromatic nitrogens is 4. The summed E-state index contributed by atoms with van der Waals surface area (Å²) in [5.74, 6) is 1.68. The van der Waals surface area contributed by atoms with Gasteiger partial charge < -0.3 is 10.4 Å². The first-order valence-corrected chi connectivity index (χ1v) is 8.89. The molecular formula is C19H20N6O2. The zero-order valence-corrected chi connectivity index (χ0v) is 14.7. The van der Waals surface area contributed by atoms with Gasteiger partial charge in [0.15, 0.2) is 0 Å². The number of aliphatic hydroxyl groups is 1. The molecule has 0 aliphatic carbocycles. The Balaban J connectivity index is 1.76. The molecule has 4 rings (SSSR count). The van der Waals surface area contributed by atoms with E-state index in [1.54, 1.807) is 22.9 Å². The molecule has 1 aliphatic heterocycles. The van der Waals surface area contributed by atoms with Crippen LogP contribution in [0.5, 0.6) is 0 Å². The van der Waals surface area contributed by atoms with Crippen LogP contribution in [0.4, 0.5) is 17.7 Å². The van der Waals surface area contributed by atoms with Gasteiger partial charge in [0, 0.05) is 37.5 Å². The van der Waals surface area contributed by atoms with Crippen LogP contribution in [0.2, 0.25) is 0 Å². The lowest BCUT2D eigenvalue weighted by molar-refractivity contribution is 0.311. The van der Waals surface area contributed by atoms with Crippen LogP contribution in [0.25, 0.3) is 11.3 Å². The van der Waals surface area contributed by atoms with Crippen molar-refractivity contribution in [1.29, 1.82) is 0 Å². The Labute approximate surface area is 156 Å². The normalized spacial score (nSPS) is 13.3. The van der Waals surface area contributed by atoms with Crippen molar-refractivity contribution in [2.75, 3.05) is 29.9 Å². The molecule has 0 radical (unpaired) electrons. The summed E-state index contributed by atoms with van der Waals surface area (Å²) in [5.41, 5.74) is 1.47. The number of nitrogens with zero attached hydrogens (tertiary/aromatic N) is 5. The van der Waals surface area contributed by atoms with Crippen molar-refractivity contribution in [2.45, 2.75) is 13.0 Å². The number of rotatable bonds is 5. The summed E-state index contributed by atoms with van der Waals surface area (Å²) in [6.45, 7) is 1.71. The standard InChI is InChI=1S/C19H20N6O2/c26-12-9-21-18-20-8-7-16(23-18)24-10-4-11-25-17(27)13-15(22-19(24)25)14-5-2-1-3-6-14/h1-3,5-8,13,26H,4,9-12H2,(H,20,21,23). The van der Waals surface area contributed by atoms with Crippen molar-refractivity contribution in [3.63, 3.8) is 0 Å². The van der Waals surface area contributed by atoms with E-state index in [4.69, 9.17) is 10.1 Å². The summed E-state index contributed by atoms with van der Waals surface area (Å²) < 4.78 is 1.68. The quantitative estimate of drug-likeness (QED) is 0.710. The number of benzene rings is 1. The minimum atomic E-state index is -0.0729. The van der Waals surface area contributed by atoms with Gasteiger partial charge in [-0.1, -0.05) is 30.3 Å². The van der Waals surface area contributed by atoms with Crippen molar-refractivity contribution in [3.8, 4) is 11.3 Å². The largest absolute Gasteiger partial charge is 0.395 e. The van der Waals surface area contributed by atoms with Crippen molar-refractivity contribution in [3.05, 3.63) is 59.0 Å². The molecule has 8 heteroatoms. The fourth-order valence-electron chi connectivity index (χ4n) is 3.12. The highest BCUT2D eigenvalue weighted by Gasteiger charge is 2.23. The van der Waals surface area contributed by atoms with Gasteiger partial charge in [0.05, 0.1) is 12.3 Å². The minimum absolute atomic E-state index is 0.00246. The summed E-state index contributed by atoms with van der Waals surface area (Å²) in [7, 11) is 0. The van der Waals surface area contributed by atoms with Gasteiger partial charge in [-0.05, 0) is 12.5 Å². The lowest BCUT2D eigenvalue weighted by Gasteiger charge is -2.30. The van der Waals surface area contributed by atoms with E-state index in [9.17, 15) is 4.79 Å². The van der Waals surface area contributed by atoms with Gasteiger partial charge in [0.1, 0.15) is 5.82 Å². The van der Waals surface area contributed by atoms with Gasteiger partial charge in [-0.2, -0.15) is 4.98 Å². The van der Waals surface area contributed by atoms with Gasteiger partial charge in [-0.25, -0.2) is 9.97 Å². The number of nitrogens with one attached hydrogen (secondary N) is 1. The monoisotopic (exact) mass is 364 g/mol. The predicted molar refractivity (Wildman–Crippen MR) is 103 cm³/mol. The maximum absolute atomic E-state index is 12.7. The van der Waals surface area contributed by atoms with Crippen molar-refractivity contribution >= 4 is 17.7 Å². The second-order valence-electron chi connectivity index (χ2n) is 6.19. The van der Waals surface area contributed by atoms with E-state index in [1.165, 1.54) is 0 Å². The zero-order valence-electron chi connectivity index (χ0n) is 14.7. The van der Waals surface area contributed by atoms with Crippen LogP contribution in [0.15, 0.2) is 53.5 Å². The topological polar surface area (TPSA) is 96.2 Å². The third-order valence-electron chi connectivity index (χ3n) is 4.37. The second-order valence-corrected chi connectivity index (χ2v) is 6.19. The van der Waals surface area contributed by atoms with E-state index in [0.717, 1.165) is 12.0 Å². The van der Waals surface area contributed by atoms with Crippen molar-refractivity contribution in [1.82, 2.24) is 19.5 Å². The molecule has 1 aliphatic rings. The number of aliphatic hydroxyl groups excluding tert-OH is 1. The second kappa shape index (κ2) is 7.55. The molecule has 0 saturated heterocycles. The molecule has 27 heavy (non-hydrogen) atoms. The average Bonchev–Trinajstić information content (AvgIpc) is 2.72. The van der Waals surface area contributed by atoms with E-state index in [1.807, 2.05) is 35.2 Å². The first-order valence-electron chi connectivity index (χ1n) is 8.89. The Hall–Kier alpha value is -3.26. The average molecular weight is 364 g/mol. The van der Waals surface area contributed by atoms with Gasteiger partial charge in [-0.3, -0.25) is 14.3 Å². The highest BCUT2D eigenvalue weighted by atomic mass is 16.3. The SMILES string of the molecule is O=c1cc(-c2ccccc2)nc2n1CCCN2c1ccnc(NCCO)n1. The number of fused-ring (bicyclic) bond motifs is 1. The Bertz CT molecular complexity index is 989. The fraction of sp³-hybridized carbons (Fsp3) is 0.263. The van der Waals surface area contributed by atoms with E-state index in [0.29, 0.717) is 43.0 Å². The van der Waals surface area contributed by atoms with Gasteiger partial charge in [0.2, 0.25) is 11.9 Å². The van der Waals surface area contributed by atoms with Crippen LogP contribution >= 0.6 is 0 Å². The lowest BCUT2D eigenvalue weighted by Crippen LogP contribution is -2.36. The lowest BCUT2D eigenvalue weighted by atomic mass is 10.1. The molecule has 0 fully saturated rings. The Morgan fingerprint density at radius 1 is 1.11 bits per heavy atom. The van der Waals surface area contributed by atoms with Crippen LogP contribution in [0.3, 0.4) is 0 Å². The molecule has 0 unspecified atom stereocenters. The van der Waals surface area contributed by atoms with Gasteiger partial charge >= 0.3 is 0 Å². The van der Waals surface area contributed by atoms with Gasteiger partial charge in [0.25, 0.3) is 5.56 Å². The predicted octanol–water partition coefficient (Wildman–Crippen LogP) is 1.65. The third-order valence-corrected chi connectivity index (χ3v) is 4.37. The first kappa shape index (κ1) is 17.2. The summed E-state index contributed by atoms with van der Waals surface area (Å²) in [6.07, 6.45) is 2.48. The number of anilines is 3. The van der Waals surface area contributed by atoms with Crippen LogP contribution in [-0.4, -0.2) is 44.3 Å². The molecule has 3 heterocycles. The van der Waals surface area contributed by atoms with Gasteiger partial charge in [-0.15, -0.1) is 0 Å². The van der Waals surface area contributed by atoms with Crippen molar-refractivity contribution < 1.29 is 5.11 Å². The molecule has 1 aromatic carbocycles. The molecule has 0 bridgehead atoms. The third kappa shape index (κ3) is 3.52. The molecule has 8 nitrogen and oxygen atoms in total. The number of hydrogen-bond acceptors (Lipinski definition) is 7. The summed E-state index contributed by atoms with van der Waals surface area (Å²) >= 11 is 0. The van der Waals surface area contributed by atoms with Crippen LogP contribution in [0, 0.1) is 0 Å². The molecule has 0 amide bonds. The van der Waals surface area contributed by atoms with E-state index in [-0.39, 0.29) is 12.2 Å². The van der Waals surface area contributed by atoms with E-state index >= 15 is 0 Å². The van der Waals surface area contributed by atoms with Crippen molar-refractivity contribution in [2.24, 2.45) is 0 Å². The van der Waals surface area contributed by atoms with Crippen LogP contribution < -0.4 is 15.8 Å². The van der Waals surface area contributed by atoms with E-state index < -0.39 is 0 Å². The maximum atomic E-state index is 12.7. The Morgan fingerprint density at radius 2 is 1.96 bits per heavy atom. The molecule has 2 N–H and O–H groups in total. The Kier molecular flexibility index (Phi) is 4.80. The zero-order chi connectivity index (χ0) is 18.6. The molecule has 138 valence electrons. The Morgan fingerprint density at radius 3 is 2.78 bits per heavy atom. The van der Waals surface area contributed by atoms with Crippen LogP contribution in [0.1, 0.15) is 6.42 Å². The smallest absolute Gasteiger partial charge is 0.255 e. The molecule has 3 aromatic rings. The number of hydrogen-bond donors (Lipinski definition) is 2. The minimum Gasteiger partial charge on any atom is -0.395 e. The molecular weight excluding hydrogens is 344 g/mol. The molecule has 2 aromatic heterocycles. The summed E-state index contributed by atoms with van der Waals surface area (Å²) in [5, 5.41) is 11.9.